The summed E-state index contributed by atoms with van der Waals surface area (Å²) in [6.07, 6.45) is 30.7. The van der Waals surface area contributed by atoms with E-state index in [1.807, 2.05) is 0 Å². The number of benzene rings is 1. The zero-order valence-electron chi connectivity index (χ0n) is 23.7. The lowest BCUT2D eigenvalue weighted by molar-refractivity contribution is 0.136. The van der Waals surface area contributed by atoms with Gasteiger partial charge in [-0.25, -0.2) is 0 Å². The lowest BCUT2D eigenvalue weighted by Gasteiger charge is -2.38. The van der Waals surface area contributed by atoms with Crippen molar-refractivity contribution >= 4 is 11.6 Å². The first-order valence-corrected chi connectivity index (χ1v) is 16.9. The van der Waals surface area contributed by atoms with Crippen LogP contribution in [0.1, 0.15) is 152 Å². The molecular weight excluding hydrogens is 456 g/mol. The minimum absolute atomic E-state index is 0.794. The van der Waals surface area contributed by atoms with Crippen LogP contribution in [0.5, 0.6) is 0 Å². The van der Waals surface area contributed by atoms with Crippen LogP contribution < -0.4 is 0 Å². The summed E-state index contributed by atoms with van der Waals surface area (Å²) in [7, 11) is 0. The van der Waals surface area contributed by atoms with Crippen LogP contribution in [0, 0.1) is 29.6 Å². The molecule has 0 amide bonds. The van der Waals surface area contributed by atoms with Gasteiger partial charge in [0, 0.05) is 5.88 Å². The topological polar surface area (TPSA) is 0 Å². The van der Waals surface area contributed by atoms with Gasteiger partial charge in [0.1, 0.15) is 0 Å². The Labute approximate surface area is 229 Å². The Bertz CT molecular complexity index is 684. The molecule has 0 atom stereocenters. The van der Waals surface area contributed by atoms with E-state index in [0.29, 0.717) is 0 Å². The van der Waals surface area contributed by atoms with Crippen molar-refractivity contribution in [1.82, 2.24) is 0 Å². The number of alkyl halides is 1. The van der Waals surface area contributed by atoms with E-state index in [2.05, 4.69) is 31.2 Å². The molecule has 3 aliphatic rings. The van der Waals surface area contributed by atoms with E-state index in [4.69, 9.17) is 11.6 Å². The minimum Gasteiger partial charge on any atom is -0.127 e. The van der Waals surface area contributed by atoms with Gasteiger partial charge in [-0.2, -0.15) is 0 Å². The Morgan fingerprint density at radius 3 is 1.64 bits per heavy atom. The lowest BCUT2D eigenvalue weighted by Crippen LogP contribution is -2.26. The van der Waals surface area contributed by atoms with E-state index in [-0.39, 0.29) is 0 Å². The van der Waals surface area contributed by atoms with Crippen molar-refractivity contribution in [2.24, 2.45) is 29.6 Å². The van der Waals surface area contributed by atoms with Gasteiger partial charge < -0.3 is 0 Å². The fourth-order valence-electron chi connectivity index (χ4n) is 8.22. The van der Waals surface area contributed by atoms with Crippen LogP contribution in [0.3, 0.4) is 0 Å². The van der Waals surface area contributed by atoms with Gasteiger partial charge in [0.15, 0.2) is 0 Å². The molecule has 0 aliphatic heterocycles. The highest BCUT2D eigenvalue weighted by Crippen LogP contribution is 2.44. The van der Waals surface area contributed by atoms with Crippen LogP contribution in [-0.4, -0.2) is 5.88 Å². The van der Waals surface area contributed by atoms with E-state index in [1.54, 1.807) is 56.9 Å². The molecule has 0 aromatic heterocycles. The fourth-order valence-corrected chi connectivity index (χ4v) is 8.40. The second kappa shape index (κ2) is 15.8. The highest BCUT2D eigenvalue weighted by Gasteiger charge is 2.31. The number of halogens is 1. The summed E-state index contributed by atoms with van der Waals surface area (Å²) in [4.78, 5) is 0. The third kappa shape index (κ3) is 9.06. The van der Waals surface area contributed by atoms with Crippen LogP contribution in [0.25, 0.3) is 0 Å². The highest BCUT2D eigenvalue weighted by atomic mass is 35.5. The smallest absolute Gasteiger partial charge is 0.0223 e. The highest BCUT2D eigenvalue weighted by molar-refractivity contribution is 6.17. The number of unbranched alkanes of at least 4 members (excludes halogenated alkanes) is 3. The van der Waals surface area contributed by atoms with E-state index >= 15 is 0 Å². The predicted octanol–water partition coefficient (Wildman–Crippen LogP) is 11.5. The third-order valence-corrected chi connectivity index (χ3v) is 11.1. The SMILES string of the molecule is CCCCC[C@H]1CC[C@H](C2CCC(CC[C@H]3CC[C@H](c4ccc(CCCCCl)cc4)CC3)CC2)CC1. The molecule has 3 fully saturated rings. The summed E-state index contributed by atoms with van der Waals surface area (Å²) in [6, 6.07) is 9.62. The molecule has 0 saturated heterocycles. The van der Waals surface area contributed by atoms with E-state index in [9.17, 15) is 0 Å². The maximum atomic E-state index is 5.83. The zero-order valence-corrected chi connectivity index (χ0v) is 24.5. The molecule has 4 rings (SSSR count). The summed E-state index contributed by atoms with van der Waals surface area (Å²) in [5.74, 6) is 6.92. The van der Waals surface area contributed by atoms with Crippen LogP contribution in [0.15, 0.2) is 24.3 Å². The minimum atomic E-state index is 0.794. The van der Waals surface area contributed by atoms with E-state index in [1.165, 1.54) is 82.6 Å². The molecule has 1 heteroatoms. The van der Waals surface area contributed by atoms with Crippen molar-refractivity contribution < 1.29 is 0 Å². The van der Waals surface area contributed by atoms with Gasteiger partial charge in [-0.1, -0.05) is 95.4 Å². The number of rotatable bonds is 13. The first-order chi connectivity index (χ1) is 17.7. The van der Waals surface area contributed by atoms with E-state index in [0.717, 1.165) is 47.8 Å². The summed E-state index contributed by atoms with van der Waals surface area (Å²) in [6.45, 7) is 2.34. The number of hydrogen-bond acceptors (Lipinski definition) is 0. The Morgan fingerprint density at radius 1 is 0.583 bits per heavy atom. The molecule has 36 heavy (non-hydrogen) atoms. The average Bonchev–Trinajstić information content (AvgIpc) is 2.94. The van der Waals surface area contributed by atoms with Crippen LogP contribution in [0.4, 0.5) is 0 Å². The van der Waals surface area contributed by atoms with Crippen molar-refractivity contribution in [3.63, 3.8) is 0 Å². The van der Waals surface area contributed by atoms with Crippen LogP contribution in [0.2, 0.25) is 0 Å². The van der Waals surface area contributed by atoms with Gasteiger partial charge in [0.25, 0.3) is 0 Å². The predicted molar refractivity (Wildman–Crippen MR) is 159 cm³/mol. The molecule has 0 heterocycles. The van der Waals surface area contributed by atoms with Gasteiger partial charge in [0.2, 0.25) is 0 Å². The molecular formula is C35H57Cl. The van der Waals surface area contributed by atoms with Gasteiger partial charge in [0.05, 0.1) is 0 Å². The molecule has 0 N–H and O–H groups in total. The Kier molecular flexibility index (Phi) is 12.5. The van der Waals surface area contributed by atoms with Crippen molar-refractivity contribution in [3.05, 3.63) is 35.4 Å². The first-order valence-electron chi connectivity index (χ1n) is 16.4. The second-order valence-electron chi connectivity index (χ2n) is 13.2. The van der Waals surface area contributed by atoms with Crippen LogP contribution >= 0.6 is 11.6 Å². The largest absolute Gasteiger partial charge is 0.127 e. The summed E-state index contributed by atoms with van der Waals surface area (Å²) in [5.41, 5.74) is 3.09. The molecule has 3 saturated carbocycles. The molecule has 0 unspecified atom stereocenters. The van der Waals surface area contributed by atoms with Gasteiger partial charge in [-0.05, 0) is 117 Å². The zero-order chi connectivity index (χ0) is 25.0. The molecule has 1 aromatic rings. The summed E-state index contributed by atoms with van der Waals surface area (Å²) < 4.78 is 0. The van der Waals surface area contributed by atoms with Crippen molar-refractivity contribution in [2.75, 3.05) is 5.88 Å². The Balaban J connectivity index is 1.07. The number of hydrogen-bond donors (Lipinski definition) is 0. The second-order valence-corrected chi connectivity index (χ2v) is 13.6. The maximum absolute atomic E-state index is 5.83. The van der Waals surface area contributed by atoms with Crippen molar-refractivity contribution in [3.8, 4) is 0 Å². The molecule has 0 bridgehead atoms. The summed E-state index contributed by atoms with van der Waals surface area (Å²) in [5, 5.41) is 0. The van der Waals surface area contributed by atoms with Crippen LogP contribution in [-0.2, 0) is 6.42 Å². The van der Waals surface area contributed by atoms with Crippen molar-refractivity contribution in [1.29, 1.82) is 0 Å². The fraction of sp³-hybridized carbons (Fsp3) is 0.829. The monoisotopic (exact) mass is 512 g/mol. The average molecular weight is 513 g/mol. The molecule has 0 spiro atoms. The maximum Gasteiger partial charge on any atom is 0.0223 e. The van der Waals surface area contributed by atoms with E-state index < -0.39 is 0 Å². The van der Waals surface area contributed by atoms with Gasteiger partial charge in [-0.3, -0.25) is 0 Å². The lowest BCUT2D eigenvalue weighted by atomic mass is 9.67. The molecule has 0 nitrogen and oxygen atoms in total. The van der Waals surface area contributed by atoms with Gasteiger partial charge >= 0.3 is 0 Å². The molecule has 1 aromatic carbocycles. The Morgan fingerprint density at radius 2 is 1.11 bits per heavy atom. The third-order valence-electron chi connectivity index (χ3n) is 10.8. The normalized spacial score (nSPS) is 31.4. The molecule has 204 valence electrons. The molecule has 0 radical (unpaired) electrons. The standard InChI is InChI=1S/C35H57Cl/c1-2-3-4-7-28-11-19-32(20-12-28)34-23-15-30(16-24-34)9-10-31-17-25-35(26-18-31)33-21-13-29(14-22-33)8-5-6-27-36/h13-14,21-22,28,30-32,34-35H,2-12,15-20,23-27H2,1H3/t28-,30?,31-,32-,34?,35-. The number of aryl methyl sites for hydroxylation is 1. The summed E-state index contributed by atoms with van der Waals surface area (Å²) >= 11 is 5.83. The van der Waals surface area contributed by atoms with Gasteiger partial charge in [-0.15, -0.1) is 11.6 Å². The quantitative estimate of drug-likeness (QED) is 0.182. The first kappa shape index (κ1) is 28.5. The molecule has 3 aliphatic carbocycles. The van der Waals surface area contributed by atoms with Crippen molar-refractivity contribution in [2.45, 2.75) is 148 Å². The Hall–Kier alpha value is -0.490.